The van der Waals surface area contributed by atoms with Crippen LogP contribution in [0.15, 0.2) is 49.3 Å². The molecule has 4 heterocycles. The van der Waals surface area contributed by atoms with Crippen molar-refractivity contribution in [2.24, 2.45) is 11.7 Å². The number of methoxy groups -OCH3 is 1. The molecule has 0 saturated heterocycles. The predicted molar refractivity (Wildman–Crippen MR) is 140 cm³/mol. The predicted octanol–water partition coefficient (Wildman–Crippen LogP) is 4.21. The zero-order valence-electron chi connectivity index (χ0n) is 20.5. The number of benzene rings is 1. The quantitative estimate of drug-likeness (QED) is 0.256. The molecule has 39 heavy (non-hydrogen) atoms. The maximum Gasteiger partial charge on any atom is 0.280 e. The smallest absolute Gasteiger partial charge is 0.280 e. The van der Waals surface area contributed by atoms with E-state index in [4.69, 9.17) is 9.53 Å². The summed E-state index contributed by atoms with van der Waals surface area (Å²) in [5.74, 6) is 7.09. The molecule has 0 radical (unpaired) electrons. The highest BCUT2D eigenvalue weighted by Gasteiger charge is 2.21. The monoisotopic (exact) mass is 546 g/mol. The van der Waals surface area contributed by atoms with E-state index in [9.17, 15) is 8.78 Å². The zero-order valence-corrected chi connectivity index (χ0v) is 21.3. The number of primary amides is 1. The van der Waals surface area contributed by atoms with Gasteiger partial charge in [-0.05, 0) is 48.6 Å². The molecule has 1 amide bonds. The Hall–Kier alpha value is -4.83. The molecule has 0 bridgehead atoms. The summed E-state index contributed by atoms with van der Waals surface area (Å²) in [6, 6.07) is 6.88. The molecule has 0 spiro atoms. The number of nitrogens with two attached hydrogens (primary N) is 1. The molecule has 2 N–H and O–H groups in total. The number of amides is 1. The minimum atomic E-state index is -2.73. The normalized spacial score (nSPS) is 12.4. The second-order valence-electron chi connectivity index (χ2n) is 8.26. The van der Waals surface area contributed by atoms with Gasteiger partial charge in [0.05, 0.1) is 25.2 Å². The summed E-state index contributed by atoms with van der Waals surface area (Å²) in [6.45, 7) is 0. The van der Waals surface area contributed by atoms with Gasteiger partial charge in [0.15, 0.2) is 10.5 Å². The fraction of sp³-hybridized carbons (Fsp3) is 0.192. The number of aromatic nitrogens is 7. The first kappa shape index (κ1) is 25.8. The lowest BCUT2D eigenvalue weighted by atomic mass is 9.98. The molecule has 6 rings (SSSR count). The number of nitrogens with zero attached hydrogens (tertiary/aromatic N) is 7. The van der Waals surface area contributed by atoms with Crippen LogP contribution in [-0.4, -0.2) is 48.2 Å². The van der Waals surface area contributed by atoms with Crippen LogP contribution in [0.25, 0.3) is 37.9 Å². The van der Waals surface area contributed by atoms with Crippen LogP contribution < -0.4 is 10.5 Å². The van der Waals surface area contributed by atoms with Gasteiger partial charge in [-0.3, -0.25) is 9.78 Å². The number of hydrogen-bond acceptors (Lipinski definition) is 9. The number of hydrogen-bond donors (Lipinski definition) is 1. The summed E-state index contributed by atoms with van der Waals surface area (Å²) in [5.41, 5.74) is 7.39. The van der Waals surface area contributed by atoms with Gasteiger partial charge >= 0.3 is 0 Å². The van der Waals surface area contributed by atoms with E-state index >= 15 is 0 Å². The van der Waals surface area contributed by atoms with Crippen molar-refractivity contribution in [3.63, 3.8) is 0 Å². The van der Waals surface area contributed by atoms with E-state index in [-0.39, 0.29) is 12.1 Å². The minimum absolute atomic E-state index is 0.250. The van der Waals surface area contributed by atoms with Gasteiger partial charge in [0, 0.05) is 17.0 Å². The fourth-order valence-electron chi connectivity index (χ4n) is 3.68. The molecular formula is C26H20F2N8O2S. The van der Waals surface area contributed by atoms with Crippen molar-refractivity contribution in [3.8, 4) is 45.0 Å². The first-order valence-corrected chi connectivity index (χ1v) is 12.4. The number of fused-ring (bicyclic) bond motifs is 1. The van der Waals surface area contributed by atoms with Crippen molar-refractivity contribution in [3.05, 3.63) is 60.7 Å². The first-order chi connectivity index (χ1) is 19.0. The van der Waals surface area contributed by atoms with Gasteiger partial charge in [0.1, 0.15) is 34.8 Å². The third-order valence-corrected chi connectivity index (χ3v) is 6.62. The molecule has 0 aliphatic heterocycles. The Labute approximate surface area is 224 Å². The molecule has 0 atom stereocenters. The van der Waals surface area contributed by atoms with Crippen LogP contribution in [0, 0.1) is 17.8 Å². The van der Waals surface area contributed by atoms with Crippen LogP contribution in [-0.2, 0) is 4.79 Å². The van der Waals surface area contributed by atoms with Crippen molar-refractivity contribution in [1.82, 2.24) is 34.7 Å². The van der Waals surface area contributed by atoms with Crippen LogP contribution >= 0.6 is 11.3 Å². The van der Waals surface area contributed by atoms with E-state index in [1.165, 1.54) is 37.0 Å². The number of rotatable bonds is 5. The van der Waals surface area contributed by atoms with Crippen molar-refractivity contribution >= 4 is 28.2 Å². The zero-order chi connectivity index (χ0) is 27.4. The molecule has 1 aliphatic rings. The third-order valence-electron chi connectivity index (χ3n) is 5.64. The van der Waals surface area contributed by atoms with E-state index in [1.54, 1.807) is 17.2 Å². The molecule has 196 valence electrons. The average molecular weight is 547 g/mol. The number of thiazole rings is 1. The third kappa shape index (κ3) is 5.70. The van der Waals surface area contributed by atoms with Gasteiger partial charge in [-0.2, -0.15) is 5.10 Å². The summed E-state index contributed by atoms with van der Waals surface area (Å²) in [7, 11) is 1.47. The molecule has 1 fully saturated rings. The van der Waals surface area contributed by atoms with Gasteiger partial charge < -0.3 is 10.5 Å². The van der Waals surface area contributed by atoms with Crippen LogP contribution in [0.4, 0.5) is 8.78 Å². The van der Waals surface area contributed by atoms with E-state index in [1.807, 2.05) is 18.2 Å². The maximum absolute atomic E-state index is 13.6. The van der Waals surface area contributed by atoms with Gasteiger partial charge in [-0.25, -0.2) is 33.4 Å². The molecule has 10 nitrogen and oxygen atoms in total. The largest absolute Gasteiger partial charge is 0.494 e. The highest BCUT2D eigenvalue weighted by molar-refractivity contribution is 7.21. The second-order valence-corrected chi connectivity index (χ2v) is 9.24. The number of pyridine rings is 1. The Kier molecular flexibility index (Phi) is 7.46. The lowest BCUT2D eigenvalue weighted by molar-refractivity contribution is -0.106. The molecule has 5 aromatic rings. The van der Waals surface area contributed by atoms with Crippen LogP contribution in [0.5, 0.6) is 5.75 Å². The summed E-state index contributed by atoms with van der Waals surface area (Å²) >= 11 is 1.36. The molecule has 1 aliphatic carbocycles. The van der Waals surface area contributed by atoms with E-state index in [0.29, 0.717) is 55.2 Å². The maximum atomic E-state index is 13.6. The molecule has 13 heteroatoms. The SMILES string of the molecule is COc1cnc(C(F)F)cc1-c1cc(-n2cncn2)ccc1-c1nc2ncc(C#CC3CC3)nc2s1.NC=O. The van der Waals surface area contributed by atoms with Crippen LogP contribution in [0.2, 0.25) is 0 Å². The van der Waals surface area contributed by atoms with Crippen molar-refractivity contribution in [2.45, 2.75) is 19.3 Å². The fourth-order valence-corrected chi connectivity index (χ4v) is 4.61. The number of carbonyl (C=O) groups excluding carboxylic acids is 1. The molecular weight excluding hydrogens is 526 g/mol. The average Bonchev–Trinajstić information content (AvgIpc) is 3.43. The second kappa shape index (κ2) is 11.3. The Morgan fingerprint density at radius 3 is 2.67 bits per heavy atom. The van der Waals surface area contributed by atoms with Gasteiger partial charge in [-0.1, -0.05) is 17.3 Å². The van der Waals surface area contributed by atoms with Gasteiger partial charge in [-0.15, -0.1) is 0 Å². The number of carbonyl (C=O) groups is 1. The summed E-state index contributed by atoms with van der Waals surface area (Å²) < 4.78 is 34.2. The van der Waals surface area contributed by atoms with E-state index in [0.717, 1.165) is 12.8 Å². The van der Waals surface area contributed by atoms with Gasteiger partial charge in [0.2, 0.25) is 6.41 Å². The van der Waals surface area contributed by atoms with Crippen LogP contribution in [0.1, 0.15) is 30.7 Å². The Morgan fingerprint density at radius 2 is 1.97 bits per heavy atom. The highest BCUT2D eigenvalue weighted by atomic mass is 32.1. The standard InChI is InChI=1S/C25H17F2N7OS.CH3NO/c1-35-21-11-29-20(22(26)27)9-19(21)18-8-16(34-13-28-12-31-34)6-7-17(18)24-33-23-25(36-24)32-15(10-30-23)5-4-14-2-3-14;2-1-3/h6-14,22H,2-3H2,1H3;1H,(H2,2,3). The molecule has 0 unspecified atom stereocenters. The Morgan fingerprint density at radius 1 is 1.15 bits per heavy atom. The van der Waals surface area contributed by atoms with E-state index in [2.05, 4.69) is 47.6 Å². The number of halogens is 2. The lowest BCUT2D eigenvalue weighted by Gasteiger charge is -2.14. The van der Waals surface area contributed by atoms with E-state index < -0.39 is 6.43 Å². The summed E-state index contributed by atoms with van der Waals surface area (Å²) in [5, 5.41) is 4.82. The summed E-state index contributed by atoms with van der Waals surface area (Å²) in [6.07, 6.45) is 5.68. The van der Waals surface area contributed by atoms with Crippen molar-refractivity contribution < 1.29 is 18.3 Å². The van der Waals surface area contributed by atoms with Crippen molar-refractivity contribution in [1.29, 1.82) is 0 Å². The number of ether oxygens (including phenoxy) is 1. The molecule has 1 aromatic carbocycles. The van der Waals surface area contributed by atoms with Crippen molar-refractivity contribution in [2.75, 3.05) is 7.11 Å². The first-order valence-electron chi connectivity index (χ1n) is 11.6. The Balaban J connectivity index is 0.000000983. The molecule has 1 saturated carbocycles. The van der Waals surface area contributed by atoms with Gasteiger partial charge in [0.25, 0.3) is 6.43 Å². The topological polar surface area (TPSA) is 135 Å². The Bertz CT molecular complexity index is 1690. The lowest BCUT2D eigenvalue weighted by Crippen LogP contribution is -1.99. The molecule has 4 aromatic heterocycles. The van der Waals surface area contributed by atoms with Crippen LogP contribution in [0.3, 0.4) is 0 Å². The highest BCUT2D eigenvalue weighted by Crippen LogP contribution is 2.41. The number of alkyl halides is 2. The summed E-state index contributed by atoms with van der Waals surface area (Å²) in [4.78, 5) is 30.8. The minimum Gasteiger partial charge on any atom is -0.494 e.